The SMILES string of the molecule is C=C1C(=O)Nc2ccc(Cl)nc2N1C1CCN(C(=O)OC(C)(C)C)CC1. The number of nitrogens with one attached hydrogen (secondary N) is 1. The molecule has 1 saturated heterocycles. The number of hydrogen-bond donors (Lipinski definition) is 1. The van der Waals surface area contributed by atoms with Gasteiger partial charge in [0, 0.05) is 19.1 Å². The van der Waals surface area contributed by atoms with E-state index >= 15 is 0 Å². The number of aromatic nitrogens is 1. The number of fused-ring (bicyclic) bond motifs is 1. The van der Waals surface area contributed by atoms with Gasteiger partial charge in [0.2, 0.25) is 0 Å². The average molecular weight is 379 g/mol. The van der Waals surface area contributed by atoms with Crippen LogP contribution < -0.4 is 10.2 Å². The van der Waals surface area contributed by atoms with E-state index in [2.05, 4.69) is 16.9 Å². The molecule has 0 spiro atoms. The Morgan fingerprint density at radius 1 is 1.35 bits per heavy atom. The van der Waals surface area contributed by atoms with E-state index in [0.29, 0.717) is 48.3 Å². The summed E-state index contributed by atoms with van der Waals surface area (Å²) >= 11 is 6.04. The minimum absolute atomic E-state index is 0.0111. The first-order valence-corrected chi connectivity index (χ1v) is 8.97. The molecule has 1 N–H and O–H groups in total. The summed E-state index contributed by atoms with van der Waals surface area (Å²) in [7, 11) is 0. The number of carbonyl (C=O) groups excluding carboxylic acids is 2. The van der Waals surface area contributed by atoms with Crippen molar-refractivity contribution in [1.29, 1.82) is 0 Å². The highest BCUT2D eigenvalue weighted by atomic mass is 35.5. The number of anilines is 2. The Kier molecular flexibility index (Phi) is 4.84. The monoisotopic (exact) mass is 378 g/mol. The maximum Gasteiger partial charge on any atom is 0.410 e. The standard InChI is InChI=1S/C18H23ClN4O3/c1-11-16(24)20-13-5-6-14(19)21-15(13)23(11)12-7-9-22(10-8-12)17(25)26-18(2,3)4/h5-6,12H,1,7-10H2,2-4H3,(H,20,24). The molecule has 2 aliphatic heterocycles. The van der Waals surface area contributed by atoms with Crippen LogP contribution in [-0.2, 0) is 9.53 Å². The number of carbonyl (C=O) groups is 2. The Labute approximate surface area is 158 Å². The normalized spacial score (nSPS) is 18.5. The molecular weight excluding hydrogens is 356 g/mol. The van der Waals surface area contributed by atoms with Crippen molar-refractivity contribution in [3.05, 3.63) is 29.6 Å². The number of rotatable bonds is 1. The predicted molar refractivity (Wildman–Crippen MR) is 100 cm³/mol. The van der Waals surface area contributed by atoms with Gasteiger partial charge in [-0.25, -0.2) is 9.78 Å². The first kappa shape index (κ1) is 18.5. The highest BCUT2D eigenvalue weighted by Crippen LogP contribution is 2.36. The fourth-order valence-electron chi connectivity index (χ4n) is 3.16. The second kappa shape index (κ2) is 6.79. The van der Waals surface area contributed by atoms with E-state index in [0.717, 1.165) is 0 Å². The lowest BCUT2D eigenvalue weighted by Crippen LogP contribution is -2.50. The lowest BCUT2D eigenvalue weighted by Gasteiger charge is -2.41. The third-order valence-corrected chi connectivity index (χ3v) is 4.56. The summed E-state index contributed by atoms with van der Waals surface area (Å²) < 4.78 is 5.43. The second-order valence-corrected chi connectivity index (χ2v) is 7.86. The van der Waals surface area contributed by atoms with E-state index in [1.165, 1.54) is 0 Å². The summed E-state index contributed by atoms with van der Waals surface area (Å²) in [6.45, 7) is 10.5. The Balaban J connectivity index is 1.75. The van der Waals surface area contributed by atoms with E-state index in [1.807, 2.05) is 25.7 Å². The number of pyridine rings is 1. The second-order valence-electron chi connectivity index (χ2n) is 7.47. The Morgan fingerprint density at radius 3 is 2.62 bits per heavy atom. The molecule has 1 aromatic rings. The van der Waals surface area contributed by atoms with E-state index in [4.69, 9.17) is 16.3 Å². The maximum absolute atomic E-state index is 12.2. The number of likely N-dealkylation sites (tertiary alicyclic amines) is 1. The molecule has 0 bridgehead atoms. The molecule has 3 rings (SSSR count). The van der Waals surface area contributed by atoms with Gasteiger partial charge in [-0.1, -0.05) is 18.2 Å². The molecule has 1 fully saturated rings. The van der Waals surface area contributed by atoms with Crippen LogP contribution >= 0.6 is 11.6 Å². The Bertz CT molecular complexity index is 751. The van der Waals surface area contributed by atoms with Crippen molar-refractivity contribution in [2.24, 2.45) is 0 Å². The zero-order chi connectivity index (χ0) is 19.1. The quantitative estimate of drug-likeness (QED) is 0.598. The maximum atomic E-state index is 12.2. The molecule has 0 radical (unpaired) electrons. The van der Waals surface area contributed by atoms with Crippen molar-refractivity contribution >= 4 is 35.1 Å². The van der Waals surface area contributed by atoms with Crippen molar-refractivity contribution < 1.29 is 14.3 Å². The van der Waals surface area contributed by atoms with Crippen LogP contribution in [0.15, 0.2) is 24.4 Å². The molecule has 26 heavy (non-hydrogen) atoms. The van der Waals surface area contributed by atoms with Gasteiger partial charge in [0.15, 0.2) is 5.82 Å². The van der Waals surface area contributed by atoms with Gasteiger partial charge in [-0.2, -0.15) is 0 Å². The Morgan fingerprint density at radius 2 is 2.00 bits per heavy atom. The summed E-state index contributed by atoms with van der Waals surface area (Å²) in [6, 6.07) is 3.38. The van der Waals surface area contributed by atoms with E-state index < -0.39 is 5.60 Å². The van der Waals surface area contributed by atoms with E-state index in [9.17, 15) is 9.59 Å². The zero-order valence-electron chi connectivity index (χ0n) is 15.2. The van der Waals surface area contributed by atoms with E-state index in [-0.39, 0.29) is 18.0 Å². The molecule has 2 aliphatic rings. The summed E-state index contributed by atoms with van der Waals surface area (Å²) in [4.78, 5) is 32.4. The number of piperidine rings is 1. The summed E-state index contributed by atoms with van der Waals surface area (Å²) in [6.07, 6.45) is 1.05. The topological polar surface area (TPSA) is 74.8 Å². The van der Waals surface area contributed by atoms with Gasteiger partial charge in [0.25, 0.3) is 5.91 Å². The molecule has 0 aliphatic carbocycles. The largest absolute Gasteiger partial charge is 0.444 e. The van der Waals surface area contributed by atoms with E-state index in [1.54, 1.807) is 17.0 Å². The van der Waals surface area contributed by atoms with Crippen LogP contribution in [0.1, 0.15) is 33.6 Å². The lowest BCUT2D eigenvalue weighted by atomic mass is 10.0. The molecule has 0 unspecified atom stereocenters. The lowest BCUT2D eigenvalue weighted by molar-refractivity contribution is -0.113. The van der Waals surface area contributed by atoms with Crippen LogP contribution in [0.25, 0.3) is 0 Å². The minimum atomic E-state index is -0.521. The van der Waals surface area contributed by atoms with Crippen LogP contribution in [0.3, 0.4) is 0 Å². The van der Waals surface area contributed by atoms with Crippen LogP contribution in [0.5, 0.6) is 0 Å². The number of ether oxygens (including phenoxy) is 1. The number of nitrogens with zero attached hydrogens (tertiary/aromatic N) is 3. The number of hydrogen-bond acceptors (Lipinski definition) is 5. The van der Waals surface area contributed by atoms with Gasteiger partial charge >= 0.3 is 6.09 Å². The smallest absolute Gasteiger partial charge is 0.410 e. The van der Waals surface area contributed by atoms with Crippen molar-refractivity contribution in [2.75, 3.05) is 23.3 Å². The number of amides is 2. The molecule has 3 heterocycles. The summed E-state index contributed by atoms with van der Waals surface area (Å²) in [5.41, 5.74) is 0.427. The third-order valence-electron chi connectivity index (χ3n) is 4.35. The first-order chi connectivity index (χ1) is 12.2. The van der Waals surface area contributed by atoms with Gasteiger partial charge in [-0.15, -0.1) is 0 Å². The van der Waals surface area contributed by atoms with Crippen LogP contribution in [0, 0.1) is 0 Å². The molecule has 0 saturated carbocycles. The summed E-state index contributed by atoms with van der Waals surface area (Å²) in [5, 5.41) is 3.12. The molecule has 140 valence electrons. The van der Waals surface area contributed by atoms with Gasteiger partial charge in [-0.3, -0.25) is 4.79 Å². The van der Waals surface area contributed by atoms with Crippen LogP contribution in [0.2, 0.25) is 5.15 Å². The molecule has 8 heteroatoms. The molecule has 0 aromatic carbocycles. The third kappa shape index (κ3) is 3.77. The van der Waals surface area contributed by atoms with Crippen molar-refractivity contribution in [3.8, 4) is 0 Å². The highest BCUT2D eigenvalue weighted by molar-refractivity contribution is 6.29. The van der Waals surface area contributed by atoms with Crippen LogP contribution in [-0.4, -0.2) is 46.6 Å². The van der Waals surface area contributed by atoms with Gasteiger partial charge in [0.05, 0.1) is 5.69 Å². The molecule has 2 amide bonds. The summed E-state index contributed by atoms with van der Waals surface area (Å²) in [5.74, 6) is 0.342. The van der Waals surface area contributed by atoms with Gasteiger partial charge < -0.3 is 19.9 Å². The molecule has 1 aromatic heterocycles. The van der Waals surface area contributed by atoms with Crippen molar-refractivity contribution in [3.63, 3.8) is 0 Å². The van der Waals surface area contributed by atoms with Crippen molar-refractivity contribution in [2.45, 2.75) is 45.3 Å². The number of halogens is 1. The Hall–Kier alpha value is -2.28. The molecular formula is C18H23ClN4O3. The zero-order valence-corrected chi connectivity index (χ0v) is 16.0. The van der Waals surface area contributed by atoms with Crippen molar-refractivity contribution in [1.82, 2.24) is 9.88 Å². The highest BCUT2D eigenvalue weighted by Gasteiger charge is 2.36. The molecule has 7 nitrogen and oxygen atoms in total. The predicted octanol–water partition coefficient (Wildman–Crippen LogP) is 3.41. The fraction of sp³-hybridized carbons (Fsp3) is 0.500. The fourth-order valence-corrected chi connectivity index (χ4v) is 3.31. The van der Waals surface area contributed by atoms with Gasteiger partial charge in [0.1, 0.15) is 16.5 Å². The molecule has 0 atom stereocenters. The first-order valence-electron chi connectivity index (χ1n) is 8.59. The van der Waals surface area contributed by atoms with Crippen LogP contribution in [0.4, 0.5) is 16.3 Å². The average Bonchev–Trinajstić information content (AvgIpc) is 2.55. The minimum Gasteiger partial charge on any atom is -0.444 e. The van der Waals surface area contributed by atoms with Gasteiger partial charge in [-0.05, 0) is 45.7 Å².